The molecule has 0 atom stereocenters. The van der Waals surface area contributed by atoms with Gasteiger partial charge in [-0.15, -0.1) is 0 Å². The monoisotopic (exact) mass is 518 g/mol. The maximum atomic E-state index is 13.8. The van der Waals surface area contributed by atoms with Gasteiger partial charge in [0.1, 0.15) is 12.3 Å². The minimum absolute atomic E-state index is 0.0174. The molecule has 204 valence electrons. The lowest BCUT2D eigenvalue weighted by atomic mass is 10.1. The van der Waals surface area contributed by atoms with E-state index in [1.165, 1.54) is 0 Å². The molecule has 0 saturated carbocycles. The Bertz CT molecular complexity index is 1180. The fourth-order valence-electron chi connectivity index (χ4n) is 4.27. The van der Waals surface area contributed by atoms with Crippen LogP contribution in [-0.4, -0.2) is 52.0 Å². The SMILES string of the molecule is COc1cccc(Cn2cccc2CN(Cc2ccccc2)C(=O)CN(CC(C)C)C(=O)NC(C)(C)C)c1. The molecule has 0 spiro atoms. The Hall–Kier alpha value is -3.74. The number of nitrogens with one attached hydrogen (secondary N) is 1. The average Bonchev–Trinajstić information content (AvgIpc) is 3.29. The summed E-state index contributed by atoms with van der Waals surface area (Å²) in [6.45, 7) is 12.0. The summed E-state index contributed by atoms with van der Waals surface area (Å²) in [5.74, 6) is 0.958. The van der Waals surface area contributed by atoms with Gasteiger partial charge in [-0.1, -0.05) is 56.3 Å². The topological polar surface area (TPSA) is 66.8 Å². The number of aromatic nitrogens is 1. The molecule has 7 nitrogen and oxygen atoms in total. The second-order valence-electron chi connectivity index (χ2n) is 11.2. The summed E-state index contributed by atoms with van der Waals surface area (Å²) in [7, 11) is 1.66. The minimum atomic E-state index is -0.389. The molecule has 0 unspecified atom stereocenters. The van der Waals surface area contributed by atoms with E-state index >= 15 is 0 Å². The molecular formula is C31H42N4O3. The van der Waals surface area contributed by atoms with Gasteiger partial charge in [-0.05, 0) is 62.1 Å². The predicted octanol–water partition coefficient (Wildman–Crippen LogP) is 5.54. The van der Waals surface area contributed by atoms with Crippen LogP contribution in [0.5, 0.6) is 5.75 Å². The highest BCUT2D eigenvalue weighted by Crippen LogP contribution is 2.17. The van der Waals surface area contributed by atoms with E-state index in [4.69, 9.17) is 4.74 Å². The van der Waals surface area contributed by atoms with E-state index in [-0.39, 0.29) is 29.9 Å². The van der Waals surface area contributed by atoms with Crippen molar-refractivity contribution in [2.45, 2.75) is 59.8 Å². The Morgan fingerprint density at radius 3 is 2.29 bits per heavy atom. The first kappa shape index (κ1) is 28.8. The molecule has 3 aromatic rings. The maximum absolute atomic E-state index is 13.8. The van der Waals surface area contributed by atoms with Crippen LogP contribution in [0.25, 0.3) is 0 Å². The van der Waals surface area contributed by atoms with Crippen molar-refractivity contribution in [2.75, 3.05) is 20.2 Å². The van der Waals surface area contributed by atoms with Crippen molar-refractivity contribution in [3.8, 4) is 5.75 Å². The van der Waals surface area contributed by atoms with Crippen LogP contribution < -0.4 is 10.1 Å². The summed E-state index contributed by atoms with van der Waals surface area (Å²) in [5, 5.41) is 3.01. The van der Waals surface area contributed by atoms with Gasteiger partial charge in [-0.25, -0.2) is 4.79 Å². The van der Waals surface area contributed by atoms with Gasteiger partial charge in [0.2, 0.25) is 5.91 Å². The van der Waals surface area contributed by atoms with Crippen LogP contribution in [-0.2, 0) is 24.4 Å². The summed E-state index contributed by atoms with van der Waals surface area (Å²) in [4.78, 5) is 30.3. The zero-order valence-electron chi connectivity index (χ0n) is 23.6. The maximum Gasteiger partial charge on any atom is 0.318 e. The lowest BCUT2D eigenvalue weighted by Crippen LogP contribution is -2.52. The number of benzene rings is 2. The standard InChI is InChI=1S/C31H42N4O3/c1-24(2)19-35(30(37)32-31(3,4)5)23-29(36)34(20-25-12-8-7-9-13-25)22-27-15-11-17-33(27)21-26-14-10-16-28(18-26)38-6/h7-18,24H,19-23H2,1-6H3,(H,32,37). The molecule has 0 aliphatic heterocycles. The number of methoxy groups -OCH3 is 1. The Morgan fingerprint density at radius 2 is 1.63 bits per heavy atom. The smallest absolute Gasteiger partial charge is 0.318 e. The number of amides is 3. The first-order valence-electron chi connectivity index (χ1n) is 13.2. The first-order chi connectivity index (χ1) is 18.0. The van der Waals surface area contributed by atoms with Gasteiger partial charge in [0, 0.05) is 37.1 Å². The van der Waals surface area contributed by atoms with Gasteiger partial charge < -0.3 is 24.4 Å². The van der Waals surface area contributed by atoms with Gasteiger partial charge in [0.05, 0.1) is 13.7 Å². The third-order valence-corrected chi connectivity index (χ3v) is 6.01. The summed E-state index contributed by atoms with van der Waals surface area (Å²) in [6.07, 6.45) is 2.03. The number of carbonyl (C=O) groups is 2. The van der Waals surface area contributed by atoms with E-state index in [9.17, 15) is 9.59 Å². The molecular weight excluding hydrogens is 476 g/mol. The third-order valence-electron chi connectivity index (χ3n) is 6.01. The van der Waals surface area contributed by atoms with Crippen molar-refractivity contribution < 1.29 is 14.3 Å². The molecule has 0 aliphatic carbocycles. The van der Waals surface area contributed by atoms with E-state index in [2.05, 4.69) is 29.8 Å². The molecule has 0 fully saturated rings. The number of urea groups is 1. The molecule has 0 saturated heterocycles. The first-order valence-corrected chi connectivity index (χ1v) is 13.2. The Labute approximate surface area is 227 Å². The number of rotatable bonds is 11. The summed E-state index contributed by atoms with van der Waals surface area (Å²) in [6, 6.07) is 21.8. The molecule has 0 aliphatic rings. The second kappa shape index (κ2) is 13.2. The van der Waals surface area contributed by atoms with E-state index in [1.807, 2.05) is 92.5 Å². The van der Waals surface area contributed by atoms with Crippen LogP contribution in [0.3, 0.4) is 0 Å². The highest BCUT2D eigenvalue weighted by atomic mass is 16.5. The van der Waals surface area contributed by atoms with Crippen LogP contribution in [0.1, 0.15) is 51.4 Å². The van der Waals surface area contributed by atoms with Crippen LogP contribution in [0.15, 0.2) is 72.9 Å². The van der Waals surface area contributed by atoms with Crippen LogP contribution in [0.4, 0.5) is 4.79 Å². The van der Waals surface area contributed by atoms with Crippen molar-refractivity contribution >= 4 is 11.9 Å². The third kappa shape index (κ3) is 8.98. The molecule has 1 N–H and O–H groups in total. The molecule has 7 heteroatoms. The van der Waals surface area contributed by atoms with Crippen LogP contribution >= 0.6 is 0 Å². The van der Waals surface area contributed by atoms with Gasteiger partial charge in [-0.3, -0.25) is 4.79 Å². The molecule has 38 heavy (non-hydrogen) atoms. The zero-order valence-corrected chi connectivity index (χ0v) is 23.6. The number of ether oxygens (including phenoxy) is 1. The summed E-state index contributed by atoms with van der Waals surface area (Å²) >= 11 is 0. The van der Waals surface area contributed by atoms with Gasteiger partial charge in [-0.2, -0.15) is 0 Å². The van der Waals surface area contributed by atoms with Crippen molar-refractivity contribution in [3.05, 3.63) is 89.7 Å². The fourth-order valence-corrected chi connectivity index (χ4v) is 4.27. The van der Waals surface area contributed by atoms with E-state index in [0.717, 1.165) is 22.6 Å². The van der Waals surface area contributed by atoms with Crippen molar-refractivity contribution in [1.82, 2.24) is 19.7 Å². The molecule has 3 rings (SSSR count). The Kier molecular flexibility index (Phi) is 9.99. The van der Waals surface area contributed by atoms with Crippen molar-refractivity contribution in [2.24, 2.45) is 5.92 Å². The number of nitrogens with zero attached hydrogens (tertiary/aromatic N) is 3. The number of hydrogen-bond acceptors (Lipinski definition) is 3. The summed E-state index contributed by atoms with van der Waals surface area (Å²) in [5.41, 5.74) is 2.79. The lowest BCUT2D eigenvalue weighted by molar-refractivity contribution is -0.133. The quantitative estimate of drug-likeness (QED) is 0.362. The number of carbonyl (C=O) groups excluding carboxylic acids is 2. The molecule has 0 radical (unpaired) electrons. The van der Waals surface area contributed by atoms with Gasteiger partial charge in [0.15, 0.2) is 0 Å². The van der Waals surface area contributed by atoms with Crippen LogP contribution in [0, 0.1) is 5.92 Å². The minimum Gasteiger partial charge on any atom is -0.497 e. The molecule has 1 heterocycles. The molecule has 0 bridgehead atoms. The van der Waals surface area contributed by atoms with E-state index < -0.39 is 0 Å². The highest BCUT2D eigenvalue weighted by Gasteiger charge is 2.25. The zero-order chi connectivity index (χ0) is 27.7. The second-order valence-corrected chi connectivity index (χ2v) is 11.2. The molecule has 2 aromatic carbocycles. The van der Waals surface area contributed by atoms with Crippen LogP contribution in [0.2, 0.25) is 0 Å². The predicted molar refractivity (Wildman–Crippen MR) is 152 cm³/mol. The molecule has 3 amide bonds. The van der Waals surface area contributed by atoms with Crippen molar-refractivity contribution in [3.63, 3.8) is 0 Å². The lowest BCUT2D eigenvalue weighted by Gasteiger charge is -2.31. The van der Waals surface area contributed by atoms with E-state index in [1.54, 1.807) is 12.0 Å². The van der Waals surface area contributed by atoms with Crippen molar-refractivity contribution in [1.29, 1.82) is 0 Å². The Balaban J connectivity index is 1.83. The normalized spacial score (nSPS) is 11.3. The average molecular weight is 519 g/mol. The van der Waals surface area contributed by atoms with Gasteiger partial charge >= 0.3 is 6.03 Å². The number of hydrogen-bond donors (Lipinski definition) is 1. The van der Waals surface area contributed by atoms with Gasteiger partial charge in [0.25, 0.3) is 0 Å². The Morgan fingerprint density at radius 1 is 0.921 bits per heavy atom. The largest absolute Gasteiger partial charge is 0.497 e. The van der Waals surface area contributed by atoms with E-state index in [0.29, 0.717) is 26.2 Å². The highest BCUT2D eigenvalue weighted by molar-refractivity contribution is 5.84. The molecule has 1 aromatic heterocycles. The fraction of sp³-hybridized carbons (Fsp3) is 0.419. The summed E-state index contributed by atoms with van der Waals surface area (Å²) < 4.78 is 7.53.